The maximum absolute atomic E-state index is 12.6. The molecule has 3 N–H and O–H groups in total. The zero-order valence-corrected chi connectivity index (χ0v) is 14.5. The van der Waals surface area contributed by atoms with E-state index in [1.54, 1.807) is 0 Å². The number of phenolic OH excluding ortho intramolecular Hbond substituents is 2. The average Bonchev–Trinajstić information content (AvgIpc) is 2.59. The van der Waals surface area contributed by atoms with Gasteiger partial charge in [0.1, 0.15) is 28.2 Å². The van der Waals surface area contributed by atoms with Crippen molar-refractivity contribution in [2.45, 2.75) is 6.92 Å². The third-order valence-corrected chi connectivity index (χ3v) is 4.12. The largest absolute Gasteiger partial charge is 0.507 e. The molecular weight excluding hydrogens is 364 g/mol. The second-order valence-electron chi connectivity index (χ2n) is 5.39. The Kier molecular flexibility index (Phi) is 4.58. The minimum absolute atomic E-state index is 0.0203. The highest BCUT2D eigenvalue weighted by atomic mass is 32.2. The summed E-state index contributed by atoms with van der Waals surface area (Å²) in [5.74, 6) is -0.387. The van der Waals surface area contributed by atoms with Gasteiger partial charge in [-0.15, -0.1) is 0 Å². The van der Waals surface area contributed by atoms with Crippen LogP contribution in [-0.2, 0) is 11.4 Å². The van der Waals surface area contributed by atoms with Crippen molar-refractivity contribution in [3.05, 3.63) is 46.1 Å². The number of benzene rings is 2. The number of hydrogen-bond acceptors (Lipinski definition) is 7. The summed E-state index contributed by atoms with van der Waals surface area (Å²) in [6, 6.07) is 6.74. The highest BCUT2D eigenvalue weighted by Crippen LogP contribution is 2.36. The Morgan fingerprint density at radius 2 is 1.85 bits per heavy atom. The fourth-order valence-electron chi connectivity index (χ4n) is 2.56. The van der Waals surface area contributed by atoms with E-state index in [0.29, 0.717) is 11.3 Å². The van der Waals surface area contributed by atoms with Gasteiger partial charge >= 0.3 is 11.4 Å². The lowest BCUT2D eigenvalue weighted by Gasteiger charge is -2.11. The van der Waals surface area contributed by atoms with Gasteiger partial charge in [0.15, 0.2) is 16.9 Å². The highest BCUT2D eigenvalue weighted by molar-refractivity contribution is 7.74. The SMILES string of the molecule is COc1cc(O)c2c(=O)c(C)c(-c3ccc(OS(=O)O)c(O)c3)oc2c1. The van der Waals surface area contributed by atoms with Gasteiger partial charge in [-0.25, -0.2) is 0 Å². The molecule has 0 amide bonds. The van der Waals surface area contributed by atoms with E-state index >= 15 is 0 Å². The first-order valence-electron chi connectivity index (χ1n) is 7.28. The van der Waals surface area contributed by atoms with Gasteiger partial charge in [0.05, 0.1) is 7.11 Å². The summed E-state index contributed by atoms with van der Waals surface area (Å²) in [7, 11) is 1.41. The van der Waals surface area contributed by atoms with Crippen LogP contribution in [0.3, 0.4) is 0 Å². The van der Waals surface area contributed by atoms with Crippen LogP contribution in [-0.4, -0.2) is 26.1 Å². The number of hydrogen-bond donors (Lipinski definition) is 3. The van der Waals surface area contributed by atoms with E-state index in [9.17, 15) is 19.2 Å². The molecule has 0 bridgehead atoms. The van der Waals surface area contributed by atoms with E-state index in [0.717, 1.165) is 0 Å². The molecule has 1 atom stereocenters. The lowest BCUT2D eigenvalue weighted by atomic mass is 10.0. The number of phenols is 2. The standard InChI is InChI=1S/C17H14O8S/c1-8-16(20)15-12(19)6-10(23-2)7-14(15)24-17(8)9-3-4-13(11(18)5-9)25-26(21)22/h3-7,18-19H,1-2H3,(H,21,22). The van der Waals surface area contributed by atoms with Gasteiger partial charge in [-0.3, -0.25) is 9.35 Å². The van der Waals surface area contributed by atoms with Crippen molar-refractivity contribution >= 4 is 22.3 Å². The van der Waals surface area contributed by atoms with Crippen LogP contribution < -0.4 is 14.3 Å². The highest BCUT2D eigenvalue weighted by Gasteiger charge is 2.18. The van der Waals surface area contributed by atoms with Crippen LogP contribution in [0.1, 0.15) is 5.56 Å². The van der Waals surface area contributed by atoms with E-state index in [2.05, 4.69) is 4.18 Å². The second kappa shape index (κ2) is 6.70. The molecule has 0 aliphatic carbocycles. The molecular formula is C17H14O8S. The molecule has 0 aliphatic heterocycles. The first-order chi connectivity index (χ1) is 12.3. The van der Waals surface area contributed by atoms with Gasteiger partial charge in [0, 0.05) is 23.3 Å². The van der Waals surface area contributed by atoms with Crippen LogP contribution in [0.15, 0.2) is 39.5 Å². The van der Waals surface area contributed by atoms with E-state index < -0.39 is 22.5 Å². The molecule has 0 fully saturated rings. The Hall–Kier alpha value is -3.04. The minimum Gasteiger partial charge on any atom is -0.507 e. The van der Waals surface area contributed by atoms with E-state index in [1.165, 1.54) is 44.4 Å². The first kappa shape index (κ1) is 17.8. The summed E-state index contributed by atoms with van der Waals surface area (Å²) < 4.78 is 34.8. The predicted octanol–water partition coefficient (Wildman–Crippen LogP) is 2.70. The van der Waals surface area contributed by atoms with Crippen molar-refractivity contribution in [2.24, 2.45) is 0 Å². The van der Waals surface area contributed by atoms with Crippen molar-refractivity contribution in [2.75, 3.05) is 7.11 Å². The molecule has 3 rings (SSSR count). The van der Waals surface area contributed by atoms with Gasteiger partial charge in [-0.2, -0.15) is 4.21 Å². The number of ether oxygens (including phenoxy) is 1. The van der Waals surface area contributed by atoms with E-state index in [4.69, 9.17) is 13.7 Å². The summed E-state index contributed by atoms with van der Waals surface area (Å²) in [6.07, 6.45) is 0. The molecule has 1 heterocycles. The maximum Gasteiger partial charge on any atom is 0.357 e. The third-order valence-electron chi connectivity index (χ3n) is 3.79. The number of fused-ring (bicyclic) bond motifs is 1. The van der Waals surface area contributed by atoms with Crippen LogP contribution in [0.2, 0.25) is 0 Å². The smallest absolute Gasteiger partial charge is 0.357 e. The van der Waals surface area contributed by atoms with Crippen LogP contribution in [0.4, 0.5) is 0 Å². The Morgan fingerprint density at radius 3 is 2.46 bits per heavy atom. The summed E-state index contributed by atoms with van der Waals surface area (Å²) in [4.78, 5) is 12.6. The van der Waals surface area contributed by atoms with E-state index in [-0.39, 0.29) is 33.8 Å². The topological polar surface area (TPSA) is 126 Å². The summed E-state index contributed by atoms with van der Waals surface area (Å²) >= 11 is -2.59. The molecule has 0 spiro atoms. The Bertz CT molecular complexity index is 1090. The van der Waals surface area contributed by atoms with Gasteiger partial charge in [-0.1, -0.05) is 0 Å². The third kappa shape index (κ3) is 3.09. The fraction of sp³-hybridized carbons (Fsp3) is 0.118. The molecule has 26 heavy (non-hydrogen) atoms. The summed E-state index contributed by atoms with van der Waals surface area (Å²) in [6.45, 7) is 1.52. The van der Waals surface area contributed by atoms with Gasteiger partial charge in [0.25, 0.3) is 0 Å². The minimum atomic E-state index is -2.59. The van der Waals surface area contributed by atoms with Crippen LogP contribution in [0, 0.1) is 6.92 Å². The molecule has 0 saturated heterocycles. The summed E-state index contributed by atoms with van der Waals surface area (Å²) in [5, 5.41) is 20.0. The molecule has 0 saturated carbocycles. The van der Waals surface area contributed by atoms with Gasteiger partial charge in [0.2, 0.25) is 0 Å². The second-order valence-corrected chi connectivity index (χ2v) is 5.99. The summed E-state index contributed by atoms with van der Waals surface area (Å²) in [5.41, 5.74) is 0.246. The number of aromatic hydroxyl groups is 2. The zero-order valence-electron chi connectivity index (χ0n) is 13.7. The van der Waals surface area contributed by atoms with Crippen molar-refractivity contribution in [3.63, 3.8) is 0 Å². The molecule has 0 aliphatic rings. The van der Waals surface area contributed by atoms with Crippen molar-refractivity contribution in [1.82, 2.24) is 0 Å². The van der Waals surface area contributed by atoms with Crippen LogP contribution in [0.25, 0.3) is 22.3 Å². The Balaban J connectivity index is 2.22. The molecule has 1 aromatic heterocycles. The molecule has 3 aromatic rings. The monoisotopic (exact) mass is 378 g/mol. The zero-order chi connectivity index (χ0) is 19.0. The lowest BCUT2D eigenvalue weighted by Crippen LogP contribution is -2.07. The van der Waals surface area contributed by atoms with Crippen molar-refractivity contribution < 1.29 is 32.3 Å². The van der Waals surface area contributed by atoms with Crippen molar-refractivity contribution in [3.8, 4) is 34.3 Å². The Morgan fingerprint density at radius 1 is 1.12 bits per heavy atom. The first-order valence-corrected chi connectivity index (χ1v) is 8.32. The molecule has 8 nitrogen and oxygen atoms in total. The molecule has 136 valence electrons. The average molecular weight is 378 g/mol. The Labute approximate surface area is 149 Å². The molecule has 2 aromatic carbocycles. The quantitative estimate of drug-likeness (QED) is 0.592. The van der Waals surface area contributed by atoms with Crippen LogP contribution in [0.5, 0.6) is 23.0 Å². The number of rotatable bonds is 4. The predicted molar refractivity (Wildman–Crippen MR) is 93.9 cm³/mol. The maximum atomic E-state index is 12.6. The normalized spacial score (nSPS) is 12.1. The van der Waals surface area contributed by atoms with Gasteiger partial charge in [-0.05, 0) is 25.1 Å². The lowest BCUT2D eigenvalue weighted by molar-refractivity contribution is 0.408. The fourth-order valence-corrected chi connectivity index (χ4v) is 2.86. The van der Waals surface area contributed by atoms with Crippen LogP contribution >= 0.6 is 0 Å². The molecule has 1 unspecified atom stereocenters. The van der Waals surface area contributed by atoms with Crippen molar-refractivity contribution in [1.29, 1.82) is 0 Å². The molecule has 0 radical (unpaired) electrons. The molecule has 9 heteroatoms. The van der Waals surface area contributed by atoms with E-state index in [1.807, 2.05) is 0 Å². The number of methoxy groups -OCH3 is 1. The van der Waals surface area contributed by atoms with Gasteiger partial charge < -0.3 is 23.6 Å².